The Hall–Kier alpha value is -3.02. The van der Waals surface area contributed by atoms with Crippen molar-refractivity contribution in [1.82, 2.24) is 5.43 Å². The lowest BCUT2D eigenvalue weighted by atomic mass is 9.87. The Kier molecular flexibility index (Phi) is 6.22. The zero-order valence-electron chi connectivity index (χ0n) is 15.4. The van der Waals surface area contributed by atoms with E-state index in [9.17, 15) is 9.90 Å². The van der Waals surface area contributed by atoms with Gasteiger partial charge in [-0.3, -0.25) is 4.79 Å². The van der Waals surface area contributed by atoms with E-state index in [2.05, 4.69) is 31.3 Å². The minimum Gasteiger partial charge on any atom is -0.504 e. The summed E-state index contributed by atoms with van der Waals surface area (Å²) in [6.07, 6.45) is 1.46. The number of phenolic OH excluding ortho intramolecular Hbond substituents is 1. The summed E-state index contributed by atoms with van der Waals surface area (Å²) in [5.41, 5.74) is 4.34. The van der Waals surface area contributed by atoms with Crippen molar-refractivity contribution in [2.45, 2.75) is 26.2 Å². The Morgan fingerprint density at radius 2 is 1.88 bits per heavy atom. The van der Waals surface area contributed by atoms with Gasteiger partial charge in [0.15, 0.2) is 18.1 Å². The van der Waals surface area contributed by atoms with Gasteiger partial charge < -0.3 is 14.6 Å². The molecule has 0 bridgehead atoms. The first-order valence-corrected chi connectivity index (χ1v) is 8.22. The van der Waals surface area contributed by atoms with Gasteiger partial charge in [0.05, 0.1) is 13.3 Å². The molecule has 0 unspecified atom stereocenters. The molecule has 0 aliphatic rings. The molecular weight excluding hydrogens is 332 g/mol. The van der Waals surface area contributed by atoms with Crippen LogP contribution in [0.4, 0.5) is 0 Å². The Balaban J connectivity index is 1.83. The molecule has 138 valence electrons. The fraction of sp³-hybridized carbons (Fsp3) is 0.300. The van der Waals surface area contributed by atoms with Gasteiger partial charge in [-0.1, -0.05) is 32.9 Å². The van der Waals surface area contributed by atoms with E-state index in [1.54, 1.807) is 12.1 Å². The van der Waals surface area contributed by atoms with E-state index in [0.29, 0.717) is 17.1 Å². The third kappa shape index (κ3) is 5.51. The number of methoxy groups -OCH3 is 1. The largest absolute Gasteiger partial charge is 0.504 e. The zero-order chi connectivity index (χ0) is 19.2. The second kappa shape index (κ2) is 8.38. The number of hydrogen-bond acceptors (Lipinski definition) is 5. The molecule has 0 spiro atoms. The predicted molar refractivity (Wildman–Crippen MR) is 101 cm³/mol. The maximum absolute atomic E-state index is 11.8. The van der Waals surface area contributed by atoms with Gasteiger partial charge in [-0.2, -0.15) is 5.10 Å². The fourth-order valence-electron chi connectivity index (χ4n) is 2.19. The van der Waals surface area contributed by atoms with E-state index in [1.807, 2.05) is 24.3 Å². The van der Waals surface area contributed by atoms with Crippen molar-refractivity contribution in [2.75, 3.05) is 13.7 Å². The van der Waals surface area contributed by atoms with Crippen molar-refractivity contribution >= 4 is 12.1 Å². The summed E-state index contributed by atoms with van der Waals surface area (Å²) in [4.78, 5) is 11.8. The van der Waals surface area contributed by atoms with E-state index in [-0.39, 0.29) is 23.7 Å². The zero-order valence-corrected chi connectivity index (χ0v) is 15.4. The molecule has 26 heavy (non-hydrogen) atoms. The Morgan fingerprint density at radius 3 is 2.50 bits per heavy atom. The summed E-state index contributed by atoms with van der Waals surface area (Å²) in [6.45, 7) is 6.28. The average Bonchev–Trinajstić information content (AvgIpc) is 2.61. The molecule has 2 rings (SSSR count). The third-order valence-corrected chi connectivity index (χ3v) is 3.70. The Bertz CT molecular complexity index is 777. The van der Waals surface area contributed by atoms with E-state index in [0.717, 1.165) is 0 Å². The van der Waals surface area contributed by atoms with Gasteiger partial charge in [0.25, 0.3) is 5.91 Å². The number of nitrogens with zero attached hydrogens (tertiary/aromatic N) is 1. The van der Waals surface area contributed by atoms with E-state index >= 15 is 0 Å². The van der Waals surface area contributed by atoms with Crippen LogP contribution in [0.5, 0.6) is 17.2 Å². The molecule has 2 aromatic carbocycles. The van der Waals surface area contributed by atoms with Gasteiger partial charge in [-0.15, -0.1) is 0 Å². The van der Waals surface area contributed by atoms with Crippen molar-refractivity contribution in [3.05, 3.63) is 53.6 Å². The third-order valence-electron chi connectivity index (χ3n) is 3.70. The summed E-state index contributed by atoms with van der Waals surface area (Å²) in [5, 5.41) is 13.4. The summed E-state index contributed by atoms with van der Waals surface area (Å²) in [7, 11) is 1.46. The van der Waals surface area contributed by atoms with E-state index < -0.39 is 0 Å². The van der Waals surface area contributed by atoms with Crippen molar-refractivity contribution in [3.8, 4) is 17.2 Å². The first kappa shape index (κ1) is 19.3. The van der Waals surface area contributed by atoms with E-state index in [4.69, 9.17) is 9.47 Å². The molecule has 0 radical (unpaired) electrons. The van der Waals surface area contributed by atoms with Crippen molar-refractivity contribution < 1.29 is 19.4 Å². The standard InChI is InChI=1S/C20H24N2O4/c1-20(2,3)15-6-8-16(9-7-15)26-13-19(24)22-21-12-14-5-10-17(23)18(11-14)25-4/h5-12,23H,13H2,1-4H3,(H,22,24)/b21-12-. The Labute approximate surface area is 153 Å². The highest BCUT2D eigenvalue weighted by Gasteiger charge is 2.13. The highest BCUT2D eigenvalue weighted by Crippen LogP contribution is 2.25. The number of phenols is 1. The molecule has 2 aromatic rings. The van der Waals surface area contributed by atoms with Gasteiger partial charge in [0, 0.05) is 0 Å². The normalized spacial score (nSPS) is 11.4. The molecule has 0 aliphatic carbocycles. The fourth-order valence-corrected chi connectivity index (χ4v) is 2.19. The molecule has 1 amide bonds. The first-order valence-electron chi connectivity index (χ1n) is 8.22. The maximum Gasteiger partial charge on any atom is 0.277 e. The van der Waals surface area contributed by atoms with Crippen LogP contribution in [0, 0.1) is 0 Å². The summed E-state index contributed by atoms with van der Waals surface area (Å²) < 4.78 is 10.5. The number of nitrogens with one attached hydrogen (secondary N) is 1. The van der Waals surface area contributed by atoms with E-state index in [1.165, 1.54) is 25.0 Å². The van der Waals surface area contributed by atoms with Crippen LogP contribution in [-0.2, 0) is 10.2 Å². The van der Waals surface area contributed by atoms with Gasteiger partial charge >= 0.3 is 0 Å². The van der Waals surface area contributed by atoms with Crippen molar-refractivity contribution in [2.24, 2.45) is 5.10 Å². The molecule has 6 heteroatoms. The molecule has 0 heterocycles. The average molecular weight is 356 g/mol. The minimum atomic E-state index is -0.369. The molecule has 0 fully saturated rings. The van der Waals surface area contributed by atoms with Gasteiger partial charge in [-0.05, 0) is 46.9 Å². The highest BCUT2D eigenvalue weighted by molar-refractivity contribution is 5.83. The minimum absolute atomic E-state index is 0.0413. The number of aromatic hydroxyl groups is 1. The number of amides is 1. The van der Waals surface area contributed by atoms with Crippen LogP contribution in [0.2, 0.25) is 0 Å². The first-order chi connectivity index (χ1) is 12.3. The quantitative estimate of drug-likeness (QED) is 0.615. The van der Waals surface area contributed by atoms with Crippen LogP contribution in [0.25, 0.3) is 0 Å². The van der Waals surface area contributed by atoms with Crippen LogP contribution < -0.4 is 14.9 Å². The maximum atomic E-state index is 11.8. The molecule has 0 saturated carbocycles. The topological polar surface area (TPSA) is 80.2 Å². The number of rotatable bonds is 6. The predicted octanol–water partition coefficient (Wildman–Crippen LogP) is 3.23. The smallest absolute Gasteiger partial charge is 0.277 e. The van der Waals surface area contributed by atoms with Crippen LogP contribution >= 0.6 is 0 Å². The lowest BCUT2D eigenvalue weighted by Gasteiger charge is -2.19. The summed E-state index contributed by atoms with van der Waals surface area (Å²) in [5.74, 6) is 0.633. The molecule has 0 aliphatic heterocycles. The number of benzene rings is 2. The molecule has 0 atom stereocenters. The number of carbonyl (C=O) groups excluding carboxylic acids is 1. The number of carbonyl (C=O) groups is 1. The van der Waals surface area contributed by atoms with Gasteiger partial charge in [0.2, 0.25) is 0 Å². The second-order valence-electron chi connectivity index (χ2n) is 6.79. The van der Waals surface area contributed by atoms with Crippen LogP contribution in [0.3, 0.4) is 0 Å². The van der Waals surface area contributed by atoms with Gasteiger partial charge in [-0.25, -0.2) is 5.43 Å². The molecule has 0 aromatic heterocycles. The molecule has 2 N–H and O–H groups in total. The van der Waals surface area contributed by atoms with Crippen molar-refractivity contribution in [1.29, 1.82) is 0 Å². The lowest BCUT2D eigenvalue weighted by Crippen LogP contribution is -2.24. The molecular formula is C20H24N2O4. The second-order valence-corrected chi connectivity index (χ2v) is 6.79. The summed E-state index contributed by atoms with van der Waals surface area (Å²) >= 11 is 0. The highest BCUT2D eigenvalue weighted by atomic mass is 16.5. The van der Waals surface area contributed by atoms with Crippen molar-refractivity contribution in [3.63, 3.8) is 0 Å². The van der Waals surface area contributed by atoms with Crippen LogP contribution in [0.1, 0.15) is 31.9 Å². The molecule has 6 nitrogen and oxygen atoms in total. The number of ether oxygens (including phenoxy) is 2. The number of hydrogen-bond donors (Lipinski definition) is 2. The Morgan fingerprint density at radius 1 is 1.19 bits per heavy atom. The lowest BCUT2D eigenvalue weighted by molar-refractivity contribution is -0.123. The van der Waals surface area contributed by atoms with Gasteiger partial charge in [0.1, 0.15) is 5.75 Å². The van der Waals surface area contributed by atoms with Crippen LogP contribution in [0.15, 0.2) is 47.6 Å². The number of hydrazone groups is 1. The SMILES string of the molecule is COc1cc(/C=N\NC(=O)COc2ccc(C(C)(C)C)cc2)ccc1O. The monoisotopic (exact) mass is 356 g/mol. The summed E-state index contributed by atoms with van der Waals surface area (Å²) in [6, 6.07) is 12.4. The van der Waals surface area contributed by atoms with Crippen LogP contribution in [-0.4, -0.2) is 30.9 Å². The molecule has 0 saturated heterocycles.